The number of aliphatic imine (C=N–C) groups is 1. The summed E-state index contributed by atoms with van der Waals surface area (Å²) in [5.74, 6) is 5.12. The van der Waals surface area contributed by atoms with E-state index >= 15 is 0 Å². The highest BCUT2D eigenvalue weighted by Crippen LogP contribution is 2.25. The molecule has 1 unspecified atom stereocenters. The number of benzene rings is 3. The second kappa shape index (κ2) is 9.07. The Kier molecular flexibility index (Phi) is 6.21. The van der Waals surface area contributed by atoms with E-state index in [2.05, 4.69) is 21.2 Å². The fraction of sp³-hybridized carbons (Fsp3) is 0.0476. The number of amidine groups is 1. The SMILES string of the molecule is NNS(=O)(=O)c1ccc(C(=O)Nc2ccc(Cl)cc2C2=NC(c3ccccc3)NN2)cc1. The molecular weight excluding hydrogens is 452 g/mol. The first-order valence-corrected chi connectivity index (χ1v) is 11.3. The largest absolute Gasteiger partial charge is 0.321 e. The van der Waals surface area contributed by atoms with E-state index in [1.807, 2.05) is 30.3 Å². The van der Waals surface area contributed by atoms with Crippen LogP contribution >= 0.6 is 11.6 Å². The van der Waals surface area contributed by atoms with Crippen LogP contribution in [0.25, 0.3) is 0 Å². The van der Waals surface area contributed by atoms with Gasteiger partial charge in [-0.05, 0) is 48.0 Å². The number of sulfonamides is 1. The molecule has 1 aliphatic heterocycles. The summed E-state index contributed by atoms with van der Waals surface area (Å²) in [7, 11) is -3.80. The van der Waals surface area contributed by atoms with Gasteiger partial charge in [-0.15, -0.1) is 0 Å². The number of rotatable bonds is 6. The maximum absolute atomic E-state index is 12.8. The summed E-state index contributed by atoms with van der Waals surface area (Å²) in [6.45, 7) is 0. The van der Waals surface area contributed by atoms with Crippen LogP contribution in [0, 0.1) is 0 Å². The molecule has 6 N–H and O–H groups in total. The van der Waals surface area contributed by atoms with E-state index in [-0.39, 0.29) is 16.6 Å². The van der Waals surface area contributed by atoms with Gasteiger partial charge in [-0.2, -0.15) is 4.83 Å². The van der Waals surface area contributed by atoms with Crippen molar-refractivity contribution in [3.63, 3.8) is 0 Å². The summed E-state index contributed by atoms with van der Waals surface area (Å²) < 4.78 is 23.5. The standard InChI is InChI=1S/C21H19ClN6O3S/c22-15-8-11-18(24-21(29)14-6-9-16(10-7-14)32(30,31)28-23)17(12-15)20-25-19(26-27-20)13-4-2-1-3-5-13/h1-12,19,26,28H,23H2,(H,24,29)(H,25,27). The molecule has 11 heteroatoms. The lowest BCUT2D eigenvalue weighted by Crippen LogP contribution is -2.32. The second-order valence-electron chi connectivity index (χ2n) is 6.85. The zero-order chi connectivity index (χ0) is 22.7. The molecule has 0 spiro atoms. The molecule has 0 fully saturated rings. The van der Waals surface area contributed by atoms with Crippen molar-refractivity contribution >= 4 is 39.1 Å². The van der Waals surface area contributed by atoms with Gasteiger partial charge in [0.05, 0.1) is 10.6 Å². The first kappa shape index (κ1) is 21.9. The molecule has 1 aliphatic rings. The zero-order valence-electron chi connectivity index (χ0n) is 16.5. The van der Waals surface area contributed by atoms with Gasteiger partial charge in [0.1, 0.15) is 12.0 Å². The molecule has 0 saturated heterocycles. The number of hydrogen-bond donors (Lipinski definition) is 5. The minimum atomic E-state index is -3.80. The summed E-state index contributed by atoms with van der Waals surface area (Å²) in [4.78, 5) is 19.1. The summed E-state index contributed by atoms with van der Waals surface area (Å²) in [5, 5.41) is 3.30. The fourth-order valence-corrected chi connectivity index (χ4v) is 3.93. The average Bonchev–Trinajstić information content (AvgIpc) is 3.31. The van der Waals surface area contributed by atoms with Gasteiger partial charge in [-0.1, -0.05) is 41.9 Å². The van der Waals surface area contributed by atoms with Crippen molar-refractivity contribution in [3.05, 3.63) is 94.5 Å². The third-order valence-electron chi connectivity index (χ3n) is 4.77. The van der Waals surface area contributed by atoms with Gasteiger partial charge in [0.15, 0.2) is 0 Å². The molecule has 164 valence electrons. The first-order valence-electron chi connectivity index (χ1n) is 9.45. The Hall–Kier alpha value is -3.28. The number of anilines is 1. The predicted molar refractivity (Wildman–Crippen MR) is 122 cm³/mol. The summed E-state index contributed by atoms with van der Waals surface area (Å²) in [6.07, 6.45) is -0.292. The minimum absolute atomic E-state index is 0.0497. The molecule has 0 saturated carbocycles. The van der Waals surface area contributed by atoms with Crippen LogP contribution in [0.3, 0.4) is 0 Å². The van der Waals surface area contributed by atoms with Gasteiger partial charge in [0.25, 0.3) is 15.9 Å². The molecule has 4 rings (SSSR count). The van der Waals surface area contributed by atoms with E-state index in [4.69, 9.17) is 17.4 Å². The Morgan fingerprint density at radius 3 is 2.44 bits per heavy atom. The molecule has 0 bridgehead atoms. The average molecular weight is 471 g/mol. The monoisotopic (exact) mass is 470 g/mol. The van der Waals surface area contributed by atoms with Crippen molar-refractivity contribution in [2.45, 2.75) is 11.1 Å². The van der Waals surface area contributed by atoms with Crippen LogP contribution in [0.4, 0.5) is 5.69 Å². The fourth-order valence-electron chi connectivity index (χ4n) is 3.13. The highest BCUT2D eigenvalue weighted by molar-refractivity contribution is 7.89. The number of nitrogens with zero attached hydrogens (tertiary/aromatic N) is 1. The van der Waals surface area contributed by atoms with Gasteiger partial charge in [0, 0.05) is 16.1 Å². The normalized spacial score (nSPS) is 15.7. The van der Waals surface area contributed by atoms with Gasteiger partial charge in [-0.25, -0.2) is 18.8 Å². The summed E-state index contributed by atoms with van der Waals surface area (Å²) in [6, 6.07) is 20.1. The van der Waals surface area contributed by atoms with E-state index in [0.717, 1.165) is 5.56 Å². The van der Waals surface area contributed by atoms with Gasteiger partial charge >= 0.3 is 0 Å². The van der Waals surface area contributed by atoms with E-state index in [0.29, 0.717) is 22.1 Å². The van der Waals surface area contributed by atoms with E-state index in [9.17, 15) is 13.2 Å². The Morgan fingerprint density at radius 2 is 1.75 bits per heavy atom. The van der Waals surface area contributed by atoms with Gasteiger partial charge < -0.3 is 10.7 Å². The molecule has 32 heavy (non-hydrogen) atoms. The molecule has 9 nitrogen and oxygen atoms in total. The lowest BCUT2D eigenvalue weighted by Gasteiger charge is -2.12. The molecular formula is C21H19ClN6O3S. The minimum Gasteiger partial charge on any atom is -0.321 e. The number of hydrogen-bond acceptors (Lipinski definition) is 7. The van der Waals surface area contributed by atoms with Crippen LogP contribution < -0.4 is 26.8 Å². The smallest absolute Gasteiger partial charge is 0.255 e. The number of hydrazine groups is 2. The third-order valence-corrected chi connectivity index (χ3v) is 6.21. The maximum atomic E-state index is 12.8. The third kappa shape index (κ3) is 4.64. The zero-order valence-corrected chi connectivity index (χ0v) is 18.1. The molecule has 0 aliphatic carbocycles. The number of amides is 1. The molecule has 3 aromatic carbocycles. The Bertz CT molecular complexity index is 1280. The number of halogens is 1. The molecule has 1 heterocycles. The van der Waals surface area contributed by atoms with Crippen molar-refractivity contribution in [3.8, 4) is 0 Å². The molecule has 1 amide bonds. The van der Waals surface area contributed by atoms with E-state index in [1.54, 1.807) is 23.0 Å². The number of nitrogens with two attached hydrogens (primary N) is 1. The Balaban J connectivity index is 1.58. The van der Waals surface area contributed by atoms with E-state index in [1.165, 1.54) is 24.3 Å². The van der Waals surface area contributed by atoms with Crippen LogP contribution in [-0.4, -0.2) is 20.2 Å². The topological polar surface area (TPSA) is 138 Å². The van der Waals surface area contributed by atoms with Crippen LogP contribution in [0.2, 0.25) is 5.02 Å². The lowest BCUT2D eigenvalue weighted by molar-refractivity contribution is 0.102. The highest BCUT2D eigenvalue weighted by Gasteiger charge is 2.22. The van der Waals surface area contributed by atoms with Crippen molar-refractivity contribution < 1.29 is 13.2 Å². The predicted octanol–water partition coefficient (Wildman–Crippen LogP) is 2.30. The Labute approximate surface area is 189 Å². The van der Waals surface area contributed by atoms with Gasteiger partial charge in [-0.3, -0.25) is 10.6 Å². The van der Waals surface area contributed by atoms with E-state index < -0.39 is 15.9 Å². The van der Waals surface area contributed by atoms with Crippen molar-refractivity contribution in [2.75, 3.05) is 5.32 Å². The number of carbonyl (C=O) groups excluding carboxylic acids is 1. The number of nitrogens with one attached hydrogen (secondary N) is 4. The van der Waals surface area contributed by atoms with Crippen molar-refractivity contribution in [2.24, 2.45) is 10.8 Å². The van der Waals surface area contributed by atoms with Crippen LogP contribution in [0.5, 0.6) is 0 Å². The second-order valence-corrected chi connectivity index (χ2v) is 9.00. The number of carbonyl (C=O) groups is 1. The van der Waals surface area contributed by atoms with Crippen molar-refractivity contribution in [1.29, 1.82) is 0 Å². The first-order chi connectivity index (χ1) is 15.4. The maximum Gasteiger partial charge on any atom is 0.255 e. The Morgan fingerprint density at radius 1 is 1.03 bits per heavy atom. The summed E-state index contributed by atoms with van der Waals surface area (Å²) in [5.41, 5.74) is 8.47. The molecule has 1 atom stereocenters. The molecule has 0 radical (unpaired) electrons. The van der Waals surface area contributed by atoms with Crippen LogP contribution in [0.15, 0.2) is 82.7 Å². The molecule has 0 aromatic heterocycles. The highest BCUT2D eigenvalue weighted by atomic mass is 35.5. The lowest BCUT2D eigenvalue weighted by atomic mass is 10.1. The van der Waals surface area contributed by atoms with Gasteiger partial charge in [0.2, 0.25) is 0 Å². The van der Waals surface area contributed by atoms with Crippen LogP contribution in [-0.2, 0) is 10.0 Å². The van der Waals surface area contributed by atoms with Crippen LogP contribution in [0.1, 0.15) is 27.7 Å². The quantitative estimate of drug-likeness (QED) is 0.277. The van der Waals surface area contributed by atoms with Crippen molar-refractivity contribution in [1.82, 2.24) is 15.7 Å². The summed E-state index contributed by atoms with van der Waals surface area (Å²) >= 11 is 6.19. The molecule has 3 aromatic rings.